The van der Waals surface area contributed by atoms with Crippen LogP contribution in [0.1, 0.15) is 69.5 Å². The second-order valence-corrected chi connectivity index (χ2v) is 36.8. The third-order valence-corrected chi connectivity index (χ3v) is 23.5. The number of aromatic nitrogens is 4. The van der Waals surface area contributed by atoms with Crippen molar-refractivity contribution in [1.29, 1.82) is 0 Å². The maximum atomic E-state index is 14.5. The minimum absolute atomic E-state index is 0.0328. The first-order chi connectivity index (χ1) is 36.9. The number of aliphatic carboxylic acids is 1. The number of halogens is 2. The van der Waals surface area contributed by atoms with Crippen LogP contribution in [0, 0.1) is 12.7 Å². The van der Waals surface area contributed by atoms with Gasteiger partial charge in [-0.2, -0.15) is 4.31 Å². The zero-order chi connectivity index (χ0) is 57.8. The van der Waals surface area contributed by atoms with Crippen molar-refractivity contribution in [2.24, 2.45) is 0 Å². The summed E-state index contributed by atoms with van der Waals surface area (Å²) in [6.07, 6.45) is -0.146. The molecule has 0 bridgehead atoms. The zero-order valence-corrected chi connectivity index (χ0v) is 51.4. The molecule has 79 heavy (non-hydrogen) atoms. The van der Waals surface area contributed by atoms with E-state index >= 15 is 0 Å². The molecule has 420 valence electrons. The minimum atomic E-state index is -4.22. The van der Waals surface area contributed by atoms with Gasteiger partial charge in [0.1, 0.15) is 40.7 Å². The predicted octanol–water partition coefficient (Wildman–Crippen LogP) is 14.2. The van der Waals surface area contributed by atoms with Crippen LogP contribution in [0.4, 0.5) is 9.18 Å². The fourth-order valence-corrected chi connectivity index (χ4v) is 14.7. The molecule has 0 aliphatic heterocycles. The van der Waals surface area contributed by atoms with Gasteiger partial charge < -0.3 is 28.5 Å². The summed E-state index contributed by atoms with van der Waals surface area (Å²) in [7, 11) is -6.72. The number of hydrogen-bond acceptors (Lipinski definition) is 14. The van der Waals surface area contributed by atoms with Gasteiger partial charge in [-0.1, -0.05) is 101 Å². The smallest absolute Gasteiger partial charge is 0.424 e. The number of carbonyl (C=O) groups is 2. The molecule has 0 radical (unpaired) electrons. The van der Waals surface area contributed by atoms with E-state index in [4.69, 9.17) is 40.0 Å². The molecule has 0 spiro atoms. The molecule has 7 aromatic rings. The Labute approximate surface area is 473 Å². The molecule has 0 aliphatic carbocycles. The molecule has 15 nitrogen and oxygen atoms in total. The number of carboxylic acid groups (broad SMARTS) is 1. The number of methoxy groups -OCH3 is 1. The minimum Gasteiger partial charge on any atom is -0.496 e. The van der Waals surface area contributed by atoms with Crippen molar-refractivity contribution in [2.45, 2.75) is 130 Å². The Hall–Kier alpha value is -6.30. The molecule has 1 atom stereocenters. The fraction of sp³-hybridized carbons (Fsp3) is 0.379. The van der Waals surface area contributed by atoms with E-state index in [-0.39, 0.29) is 35.4 Å². The lowest BCUT2D eigenvalue weighted by Gasteiger charge is -2.36. The van der Waals surface area contributed by atoms with Gasteiger partial charge in [0.05, 0.1) is 42.7 Å². The molecule has 21 heteroatoms. The third kappa shape index (κ3) is 14.9. The summed E-state index contributed by atoms with van der Waals surface area (Å²) in [6.45, 7) is 23.6. The molecule has 0 aliphatic rings. The highest BCUT2D eigenvalue weighted by molar-refractivity contribution is 7.89. The Morgan fingerprint density at radius 1 is 0.861 bits per heavy atom. The van der Waals surface area contributed by atoms with Crippen molar-refractivity contribution in [2.75, 3.05) is 12.9 Å². The van der Waals surface area contributed by atoms with E-state index < -0.39 is 62.5 Å². The number of sulfonamides is 1. The number of para-hydroxylation sites is 1. The molecule has 3 aromatic heterocycles. The lowest BCUT2D eigenvalue weighted by atomic mass is 9.94. The first-order valence-electron chi connectivity index (χ1n) is 25.7. The van der Waals surface area contributed by atoms with Crippen LogP contribution in [0.25, 0.3) is 43.2 Å². The van der Waals surface area contributed by atoms with Gasteiger partial charge in [0.15, 0.2) is 14.1 Å². The zero-order valence-electron chi connectivity index (χ0n) is 47.0. The number of rotatable bonds is 21. The number of hydrogen-bond donors (Lipinski definition) is 1. The van der Waals surface area contributed by atoms with Gasteiger partial charge in [-0.25, -0.2) is 42.3 Å². The van der Waals surface area contributed by atoms with Gasteiger partial charge in [0.25, 0.3) is 0 Å². The quantitative estimate of drug-likeness (QED) is 0.0669. The van der Waals surface area contributed by atoms with Crippen molar-refractivity contribution in [3.8, 4) is 50.3 Å². The number of ether oxygens (including phenoxy) is 4. The van der Waals surface area contributed by atoms with Crippen LogP contribution in [-0.4, -0.2) is 90.8 Å². The van der Waals surface area contributed by atoms with E-state index in [2.05, 4.69) is 48.8 Å². The van der Waals surface area contributed by atoms with Gasteiger partial charge in [0, 0.05) is 36.2 Å². The monoisotopic (exact) mass is 1170 g/mol. The summed E-state index contributed by atoms with van der Waals surface area (Å²) in [6, 6.07) is 24.1. The van der Waals surface area contributed by atoms with Crippen LogP contribution < -0.4 is 14.2 Å². The maximum Gasteiger partial charge on any atom is 0.424 e. The lowest BCUT2D eigenvalue weighted by Crippen LogP contribution is -2.42. The molecule has 7 rings (SSSR count). The van der Waals surface area contributed by atoms with Crippen LogP contribution in [-0.2, 0) is 50.2 Å². The Balaban J connectivity index is 1.32. The molecule has 1 unspecified atom stereocenters. The van der Waals surface area contributed by atoms with E-state index in [1.54, 1.807) is 76.5 Å². The molecule has 3 heterocycles. The number of nitrogens with zero attached hydrogens (tertiary/aromatic N) is 5. The third-order valence-electron chi connectivity index (χ3n) is 13.6. The Kier molecular flexibility index (Phi) is 18.5. The molecule has 1 amide bonds. The fourth-order valence-electron chi connectivity index (χ4n) is 8.09. The molecule has 4 aromatic carbocycles. The first kappa shape index (κ1) is 60.3. The van der Waals surface area contributed by atoms with E-state index in [0.29, 0.717) is 89.0 Å². The summed E-state index contributed by atoms with van der Waals surface area (Å²) >= 11 is 8.53. The van der Waals surface area contributed by atoms with Crippen molar-refractivity contribution < 1.29 is 50.9 Å². The Morgan fingerprint density at radius 2 is 1.57 bits per heavy atom. The van der Waals surface area contributed by atoms with Gasteiger partial charge in [-0.15, -0.1) is 11.3 Å². The Bertz CT molecular complexity index is 3470. The highest BCUT2D eigenvalue weighted by Gasteiger charge is 2.38. The van der Waals surface area contributed by atoms with Crippen LogP contribution in [0.2, 0.25) is 48.8 Å². The largest absolute Gasteiger partial charge is 0.496 e. The number of amides is 1. The summed E-state index contributed by atoms with van der Waals surface area (Å²) in [5.74, 6) is -0.913. The number of thiophene rings is 1. The lowest BCUT2D eigenvalue weighted by molar-refractivity contribution is -0.145. The number of carboxylic acids is 1. The normalized spacial score (nSPS) is 12.8. The number of carbonyl (C=O) groups excluding carboxylic acids is 1. The number of fused-ring (bicyclic) bond motifs is 1. The number of benzene rings is 4. The summed E-state index contributed by atoms with van der Waals surface area (Å²) in [5.41, 5.74) is 4.23. The van der Waals surface area contributed by atoms with Crippen molar-refractivity contribution in [3.05, 3.63) is 136 Å². The topological polar surface area (TPSA) is 189 Å². The highest BCUT2D eigenvalue weighted by Crippen LogP contribution is 2.49. The predicted molar refractivity (Wildman–Crippen MR) is 314 cm³/mol. The molecular formula is C58H69ClFN5O10S2Si2. The van der Waals surface area contributed by atoms with Crippen molar-refractivity contribution in [3.63, 3.8) is 0 Å². The first-order valence-corrected chi connectivity index (χ1v) is 35.2. The van der Waals surface area contributed by atoms with Crippen LogP contribution in [0.3, 0.4) is 0 Å². The van der Waals surface area contributed by atoms with E-state index in [0.717, 1.165) is 9.87 Å². The van der Waals surface area contributed by atoms with Gasteiger partial charge in [0.2, 0.25) is 22.0 Å². The second-order valence-electron chi connectivity index (χ2n) is 23.0. The van der Waals surface area contributed by atoms with E-state index in [1.807, 2.05) is 56.9 Å². The second kappa shape index (κ2) is 24.2. The molecular weight excluding hydrogens is 1100 g/mol. The molecule has 0 saturated heterocycles. The van der Waals surface area contributed by atoms with Crippen molar-refractivity contribution in [1.82, 2.24) is 24.2 Å². The van der Waals surface area contributed by atoms with Gasteiger partial charge in [-0.3, -0.25) is 0 Å². The van der Waals surface area contributed by atoms with E-state index in [9.17, 15) is 27.5 Å². The van der Waals surface area contributed by atoms with Crippen LogP contribution in [0.15, 0.2) is 97.5 Å². The SMILES string of the molecule is COc1ccccc1-c1nccc(COc2ccc(CN(C(=O)OC(C)(C)C)S(=O)(=O)CC[Si](C)(C)C)cc2CC(Oc2ncnc3sc(-c4ccc(F)cc4)c(-c4ccc(CO[Si](C)(C)C(C)(C)C)c(Cl)c4C)c23)C(=O)O)n1. The highest BCUT2D eigenvalue weighted by atomic mass is 35.5. The van der Waals surface area contributed by atoms with Gasteiger partial charge >= 0.3 is 12.1 Å². The average Bonchev–Trinajstić information content (AvgIpc) is 3.83. The maximum absolute atomic E-state index is 14.5. The van der Waals surface area contributed by atoms with Crippen molar-refractivity contribution >= 4 is 71.6 Å². The van der Waals surface area contributed by atoms with E-state index in [1.165, 1.54) is 29.8 Å². The Morgan fingerprint density at radius 3 is 2.23 bits per heavy atom. The standard InChI is InChI=1S/C58H69ClFN5O10S2Si2/c1-36-43(24-21-39(50(36)59)33-73-79(12,13)58(5,6)7)48-49-53(62-35-63-54(49)76-51(48)38-19-22-41(60)23-20-38)74-47(55(66)67)31-40-30-37(32-65(56(68)75-57(2,3)4)77(69,70)28-29-78(9,10)11)18-25-45(40)72-34-42-26-27-61-52(64-42)44-16-14-15-17-46(44)71-8/h14-27,30,35,47H,28-29,31-34H2,1-13H3,(H,66,67). The summed E-state index contributed by atoms with van der Waals surface area (Å²) in [4.78, 5) is 47.0. The van der Waals surface area contributed by atoms with Gasteiger partial charge in [-0.05, 0) is 122 Å². The average molecular weight is 1170 g/mol. The molecule has 1 N–H and O–H groups in total. The molecule has 0 fully saturated rings. The van der Waals surface area contributed by atoms with Crippen LogP contribution in [0.5, 0.6) is 17.4 Å². The summed E-state index contributed by atoms with van der Waals surface area (Å²) in [5, 5.41) is 12.0. The molecule has 0 saturated carbocycles. The van der Waals surface area contributed by atoms with Crippen LogP contribution >= 0.6 is 22.9 Å². The summed E-state index contributed by atoms with van der Waals surface area (Å²) < 4.78 is 74.2.